The molecule has 1 aliphatic carbocycles. The molecule has 1 aliphatic heterocycles. The number of pyridine rings is 1. The number of rotatable bonds is 2. The van der Waals surface area contributed by atoms with E-state index in [0.29, 0.717) is 18.0 Å². The maximum atomic E-state index is 12.4. The Hall–Kier alpha value is -1.30. The molecule has 2 aliphatic rings. The molecular weight excluding hydrogens is 257 g/mol. The Kier molecular flexibility index (Phi) is 2.92. The van der Waals surface area contributed by atoms with Crippen LogP contribution in [-0.4, -0.2) is 23.2 Å². The fraction of sp³-hybridized carbons (Fsp3) is 0.615. The molecule has 3 rings (SSSR count). The van der Waals surface area contributed by atoms with E-state index in [9.17, 15) is 13.2 Å². The standard InChI is InChI=1S/C13H15F3N2O/c1-7-8-4-10(18-7)11(5-8)19-12-3-2-9(6-17-12)13(14,15)16/h2-3,6-8,10-11,18H,4-5H2,1H3. The molecule has 1 N–H and O–H groups in total. The summed E-state index contributed by atoms with van der Waals surface area (Å²) in [4.78, 5) is 3.74. The summed E-state index contributed by atoms with van der Waals surface area (Å²) < 4.78 is 42.9. The highest BCUT2D eigenvalue weighted by Gasteiger charge is 2.45. The number of ether oxygens (including phenoxy) is 1. The van der Waals surface area contributed by atoms with E-state index in [2.05, 4.69) is 17.2 Å². The van der Waals surface area contributed by atoms with Gasteiger partial charge in [0.2, 0.25) is 5.88 Å². The molecule has 19 heavy (non-hydrogen) atoms. The first-order valence-electron chi connectivity index (χ1n) is 6.39. The van der Waals surface area contributed by atoms with Crippen LogP contribution in [0.2, 0.25) is 0 Å². The predicted octanol–water partition coefficient (Wildman–Crippen LogP) is 2.62. The highest BCUT2D eigenvalue weighted by Crippen LogP contribution is 2.37. The van der Waals surface area contributed by atoms with Crippen molar-refractivity contribution in [2.75, 3.05) is 0 Å². The van der Waals surface area contributed by atoms with Crippen LogP contribution in [0, 0.1) is 5.92 Å². The van der Waals surface area contributed by atoms with E-state index in [0.717, 1.165) is 25.1 Å². The fourth-order valence-corrected chi connectivity index (χ4v) is 3.00. The average molecular weight is 272 g/mol. The van der Waals surface area contributed by atoms with Gasteiger partial charge >= 0.3 is 6.18 Å². The third kappa shape index (κ3) is 2.41. The summed E-state index contributed by atoms with van der Waals surface area (Å²) in [6.07, 6.45) is -1.49. The molecule has 0 radical (unpaired) electrons. The number of alkyl halides is 3. The molecule has 1 aromatic heterocycles. The van der Waals surface area contributed by atoms with Gasteiger partial charge in [0, 0.05) is 24.3 Å². The van der Waals surface area contributed by atoms with Gasteiger partial charge in [-0.2, -0.15) is 13.2 Å². The lowest BCUT2D eigenvalue weighted by Gasteiger charge is -2.27. The number of fused-ring (bicyclic) bond motifs is 2. The van der Waals surface area contributed by atoms with Gasteiger partial charge in [0.1, 0.15) is 6.10 Å². The normalized spacial score (nSPS) is 33.7. The molecule has 1 aromatic rings. The van der Waals surface area contributed by atoms with E-state index >= 15 is 0 Å². The SMILES string of the molecule is CC1NC2CC1CC2Oc1ccc(C(F)(F)F)cn1. The summed E-state index contributed by atoms with van der Waals surface area (Å²) in [5, 5.41) is 3.43. The Morgan fingerprint density at radius 3 is 2.58 bits per heavy atom. The van der Waals surface area contributed by atoms with E-state index in [1.54, 1.807) is 0 Å². The maximum Gasteiger partial charge on any atom is 0.417 e. The molecule has 2 fully saturated rings. The van der Waals surface area contributed by atoms with Crippen molar-refractivity contribution in [3.8, 4) is 5.88 Å². The number of nitrogens with zero attached hydrogens (tertiary/aromatic N) is 1. The van der Waals surface area contributed by atoms with Crippen LogP contribution in [0.1, 0.15) is 25.3 Å². The lowest BCUT2D eigenvalue weighted by molar-refractivity contribution is -0.137. The molecule has 0 amide bonds. The number of hydrogen-bond acceptors (Lipinski definition) is 3. The number of piperidine rings is 1. The van der Waals surface area contributed by atoms with Crippen molar-refractivity contribution in [2.45, 2.75) is 44.1 Å². The van der Waals surface area contributed by atoms with Crippen molar-refractivity contribution < 1.29 is 17.9 Å². The van der Waals surface area contributed by atoms with Crippen LogP contribution in [0.5, 0.6) is 5.88 Å². The second kappa shape index (κ2) is 4.37. The van der Waals surface area contributed by atoms with Crippen molar-refractivity contribution in [3.63, 3.8) is 0 Å². The fourth-order valence-electron chi connectivity index (χ4n) is 3.00. The van der Waals surface area contributed by atoms with Gasteiger partial charge in [-0.15, -0.1) is 0 Å². The van der Waals surface area contributed by atoms with Gasteiger partial charge in [-0.05, 0) is 31.7 Å². The summed E-state index contributed by atoms with van der Waals surface area (Å²) in [5.74, 6) is 0.865. The zero-order valence-electron chi connectivity index (χ0n) is 10.4. The predicted molar refractivity (Wildman–Crippen MR) is 62.8 cm³/mol. The quantitative estimate of drug-likeness (QED) is 0.898. The molecule has 0 spiro atoms. The lowest BCUT2D eigenvalue weighted by atomic mass is 10.0. The van der Waals surface area contributed by atoms with Crippen LogP contribution in [0.3, 0.4) is 0 Å². The molecule has 6 heteroatoms. The van der Waals surface area contributed by atoms with Crippen LogP contribution in [0.15, 0.2) is 18.3 Å². The topological polar surface area (TPSA) is 34.1 Å². The Morgan fingerprint density at radius 2 is 2.11 bits per heavy atom. The Morgan fingerprint density at radius 1 is 1.32 bits per heavy atom. The molecule has 0 aromatic carbocycles. The number of halogens is 3. The third-order valence-corrected chi connectivity index (χ3v) is 4.06. The van der Waals surface area contributed by atoms with Gasteiger partial charge in [-0.25, -0.2) is 4.98 Å². The number of hydrogen-bond donors (Lipinski definition) is 1. The Labute approximate surface area is 109 Å². The number of nitrogens with one attached hydrogen (secondary N) is 1. The maximum absolute atomic E-state index is 12.4. The summed E-state index contributed by atoms with van der Waals surface area (Å²) in [5.41, 5.74) is -0.750. The first kappa shape index (κ1) is 12.7. The zero-order valence-corrected chi connectivity index (χ0v) is 10.4. The molecule has 2 heterocycles. The van der Waals surface area contributed by atoms with Crippen molar-refractivity contribution in [1.29, 1.82) is 0 Å². The molecule has 104 valence electrons. The highest BCUT2D eigenvalue weighted by atomic mass is 19.4. The van der Waals surface area contributed by atoms with Crippen LogP contribution in [-0.2, 0) is 6.18 Å². The first-order chi connectivity index (χ1) is 8.93. The average Bonchev–Trinajstić information content (AvgIpc) is 2.87. The van der Waals surface area contributed by atoms with Crippen molar-refractivity contribution >= 4 is 0 Å². The molecule has 1 saturated heterocycles. The largest absolute Gasteiger partial charge is 0.473 e. The minimum atomic E-state index is -4.35. The number of aromatic nitrogens is 1. The van der Waals surface area contributed by atoms with Crippen LogP contribution >= 0.6 is 0 Å². The zero-order chi connectivity index (χ0) is 13.6. The van der Waals surface area contributed by atoms with E-state index in [1.807, 2.05) is 0 Å². The van der Waals surface area contributed by atoms with Crippen LogP contribution < -0.4 is 10.1 Å². The van der Waals surface area contributed by atoms with Gasteiger partial charge in [0.15, 0.2) is 0 Å². The summed E-state index contributed by atoms with van der Waals surface area (Å²) in [6, 6.07) is 3.10. The second-order valence-corrected chi connectivity index (χ2v) is 5.33. The minimum Gasteiger partial charge on any atom is -0.473 e. The molecular formula is C13H15F3N2O. The highest BCUT2D eigenvalue weighted by molar-refractivity contribution is 5.21. The van der Waals surface area contributed by atoms with E-state index < -0.39 is 11.7 Å². The summed E-state index contributed by atoms with van der Waals surface area (Å²) >= 11 is 0. The molecule has 4 unspecified atom stereocenters. The summed E-state index contributed by atoms with van der Waals surface area (Å²) in [7, 11) is 0. The molecule has 1 saturated carbocycles. The molecule has 4 atom stereocenters. The van der Waals surface area contributed by atoms with Crippen molar-refractivity contribution in [3.05, 3.63) is 23.9 Å². The minimum absolute atomic E-state index is 0.0189. The van der Waals surface area contributed by atoms with Gasteiger partial charge < -0.3 is 10.1 Å². The lowest BCUT2D eigenvalue weighted by Crippen LogP contribution is -2.44. The monoisotopic (exact) mass is 272 g/mol. The smallest absolute Gasteiger partial charge is 0.417 e. The van der Waals surface area contributed by atoms with Crippen molar-refractivity contribution in [2.24, 2.45) is 5.92 Å². The van der Waals surface area contributed by atoms with E-state index in [4.69, 9.17) is 4.74 Å². The Balaban J connectivity index is 1.65. The van der Waals surface area contributed by atoms with Crippen LogP contribution in [0.25, 0.3) is 0 Å². The van der Waals surface area contributed by atoms with E-state index in [1.165, 1.54) is 6.07 Å². The van der Waals surface area contributed by atoms with Crippen LogP contribution in [0.4, 0.5) is 13.2 Å². The van der Waals surface area contributed by atoms with Crippen molar-refractivity contribution in [1.82, 2.24) is 10.3 Å². The van der Waals surface area contributed by atoms with Gasteiger partial charge in [0.25, 0.3) is 0 Å². The molecule has 3 nitrogen and oxygen atoms in total. The Bertz CT molecular complexity index is 458. The first-order valence-corrected chi connectivity index (χ1v) is 6.39. The van der Waals surface area contributed by atoms with E-state index in [-0.39, 0.29) is 12.0 Å². The van der Waals surface area contributed by atoms with Gasteiger partial charge in [-0.1, -0.05) is 0 Å². The molecule has 2 bridgehead atoms. The van der Waals surface area contributed by atoms with Gasteiger partial charge in [0.05, 0.1) is 5.56 Å². The third-order valence-electron chi connectivity index (χ3n) is 4.06. The second-order valence-electron chi connectivity index (χ2n) is 5.33. The van der Waals surface area contributed by atoms with Gasteiger partial charge in [-0.3, -0.25) is 0 Å². The summed E-state index contributed by atoms with van der Waals surface area (Å²) in [6.45, 7) is 2.15.